The lowest BCUT2D eigenvalue weighted by Gasteiger charge is -2.46. The summed E-state index contributed by atoms with van der Waals surface area (Å²) in [5, 5.41) is 3.59. The highest BCUT2D eigenvalue weighted by atomic mass is 79.9. The minimum atomic E-state index is 0.358. The van der Waals surface area contributed by atoms with Crippen LogP contribution in [0.1, 0.15) is 25.7 Å². The van der Waals surface area contributed by atoms with Crippen LogP contribution in [0.3, 0.4) is 0 Å². The largest absolute Gasteiger partial charge is 0.381 e. The number of hydrogen-bond acceptors (Lipinski definition) is 2. The molecule has 1 aliphatic carbocycles. The van der Waals surface area contributed by atoms with Crippen LogP contribution < -0.4 is 10.2 Å². The molecular weight excluding hydrogens is 264 g/mol. The van der Waals surface area contributed by atoms with Crippen LogP contribution in [0, 0.1) is 0 Å². The molecular formula is C13H17BrN2. The highest BCUT2D eigenvalue weighted by Crippen LogP contribution is 2.46. The number of anilines is 2. The number of hydrogen-bond donors (Lipinski definition) is 1. The number of nitrogens with zero attached hydrogens (tertiary/aromatic N) is 1. The second-order valence-electron chi connectivity index (χ2n) is 4.98. The molecule has 0 atom stereocenters. The molecule has 1 saturated carbocycles. The van der Waals surface area contributed by atoms with Gasteiger partial charge in [-0.1, -0.05) is 18.9 Å². The van der Waals surface area contributed by atoms with Gasteiger partial charge in [0.05, 0.1) is 16.9 Å². The predicted molar refractivity (Wildman–Crippen MR) is 72.2 cm³/mol. The van der Waals surface area contributed by atoms with Gasteiger partial charge in [-0.2, -0.15) is 0 Å². The van der Waals surface area contributed by atoms with Crippen LogP contribution in [0.5, 0.6) is 0 Å². The van der Waals surface area contributed by atoms with Gasteiger partial charge in [-0.3, -0.25) is 0 Å². The third-order valence-corrected chi connectivity index (χ3v) is 4.82. The maximum Gasteiger partial charge on any atom is 0.0748 e. The molecule has 2 nitrogen and oxygen atoms in total. The standard InChI is InChI=1S/C13H17BrN2/c1-16-12-10(14)5-4-6-11(12)15-9-13(16)7-2-3-8-13/h4-6,15H,2-3,7-9H2,1H3. The summed E-state index contributed by atoms with van der Waals surface area (Å²) in [6, 6.07) is 6.39. The van der Waals surface area contributed by atoms with Crippen molar-refractivity contribution in [3.05, 3.63) is 22.7 Å². The van der Waals surface area contributed by atoms with E-state index in [1.54, 1.807) is 0 Å². The molecule has 3 rings (SSSR count). The summed E-state index contributed by atoms with van der Waals surface area (Å²) in [5.41, 5.74) is 2.95. The summed E-state index contributed by atoms with van der Waals surface area (Å²) in [7, 11) is 2.25. The van der Waals surface area contributed by atoms with Gasteiger partial charge in [0.2, 0.25) is 0 Å². The minimum absolute atomic E-state index is 0.358. The van der Waals surface area contributed by atoms with E-state index in [-0.39, 0.29) is 0 Å². The van der Waals surface area contributed by atoms with Crippen LogP contribution >= 0.6 is 15.9 Å². The fourth-order valence-electron chi connectivity index (χ4n) is 3.16. The van der Waals surface area contributed by atoms with E-state index >= 15 is 0 Å². The second kappa shape index (κ2) is 3.66. The van der Waals surface area contributed by atoms with Crippen molar-refractivity contribution in [2.75, 3.05) is 23.8 Å². The topological polar surface area (TPSA) is 15.3 Å². The maximum atomic E-state index is 3.67. The number of fused-ring (bicyclic) bond motifs is 1. The van der Waals surface area contributed by atoms with Gasteiger partial charge in [0, 0.05) is 18.1 Å². The first-order chi connectivity index (χ1) is 7.73. The Morgan fingerprint density at radius 1 is 1.31 bits per heavy atom. The monoisotopic (exact) mass is 280 g/mol. The van der Waals surface area contributed by atoms with Crippen LogP contribution in [-0.4, -0.2) is 19.1 Å². The quantitative estimate of drug-likeness (QED) is 0.781. The smallest absolute Gasteiger partial charge is 0.0748 e. The summed E-state index contributed by atoms with van der Waals surface area (Å²) in [4.78, 5) is 2.50. The van der Waals surface area contributed by atoms with Crippen LogP contribution in [0.25, 0.3) is 0 Å². The molecule has 86 valence electrons. The molecule has 1 heterocycles. The van der Waals surface area contributed by atoms with E-state index in [0.717, 1.165) is 6.54 Å². The zero-order valence-corrected chi connectivity index (χ0v) is 11.2. The van der Waals surface area contributed by atoms with Gasteiger partial charge in [0.1, 0.15) is 0 Å². The lowest BCUT2D eigenvalue weighted by molar-refractivity contribution is 0.428. The second-order valence-corrected chi connectivity index (χ2v) is 5.83. The van der Waals surface area contributed by atoms with Crippen LogP contribution in [0.15, 0.2) is 22.7 Å². The summed E-state index contributed by atoms with van der Waals surface area (Å²) in [6.07, 6.45) is 5.37. The Morgan fingerprint density at radius 2 is 2.06 bits per heavy atom. The molecule has 2 aliphatic rings. The zero-order valence-electron chi connectivity index (χ0n) is 9.59. The molecule has 0 saturated heterocycles. The molecule has 1 aromatic carbocycles. The van der Waals surface area contributed by atoms with Gasteiger partial charge in [0.25, 0.3) is 0 Å². The number of rotatable bonds is 0. The average molecular weight is 281 g/mol. The molecule has 0 unspecified atom stereocenters. The van der Waals surface area contributed by atoms with E-state index < -0.39 is 0 Å². The van der Waals surface area contributed by atoms with Crippen molar-refractivity contribution in [1.82, 2.24) is 0 Å². The molecule has 0 bridgehead atoms. The number of para-hydroxylation sites is 1. The van der Waals surface area contributed by atoms with Crippen LogP contribution in [0.2, 0.25) is 0 Å². The number of nitrogens with one attached hydrogen (secondary N) is 1. The Hall–Kier alpha value is -0.700. The normalized spacial score (nSPS) is 22.0. The highest BCUT2D eigenvalue weighted by Gasteiger charge is 2.41. The van der Waals surface area contributed by atoms with E-state index in [2.05, 4.69) is 51.4 Å². The zero-order chi connectivity index (χ0) is 11.2. The summed E-state index contributed by atoms with van der Waals surface area (Å²) in [6.45, 7) is 1.09. The van der Waals surface area contributed by atoms with E-state index in [1.165, 1.54) is 41.5 Å². The summed E-state index contributed by atoms with van der Waals surface area (Å²) < 4.78 is 1.20. The fourth-order valence-corrected chi connectivity index (χ4v) is 3.79. The third-order valence-electron chi connectivity index (χ3n) is 4.18. The van der Waals surface area contributed by atoms with Gasteiger partial charge < -0.3 is 10.2 Å². The highest BCUT2D eigenvalue weighted by molar-refractivity contribution is 9.10. The summed E-state index contributed by atoms with van der Waals surface area (Å²) >= 11 is 3.67. The van der Waals surface area contributed by atoms with E-state index in [9.17, 15) is 0 Å². The first kappa shape index (κ1) is 10.5. The maximum absolute atomic E-state index is 3.67. The van der Waals surface area contributed by atoms with Crippen molar-refractivity contribution in [3.8, 4) is 0 Å². The molecule has 1 aliphatic heterocycles. The van der Waals surface area contributed by atoms with Crippen LogP contribution in [0.4, 0.5) is 11.4 Å². The summed E-state index contributed by atoms with van der Waals surface area (Å²) in [5.74, 6) is 0. The number of benzene rings is 1. The predicted octanol–water partition coefficient (Wildman–Crippen LogP) is 3.62. The molecule has 1 fully saturated rings. The van der Waals surface area contributed by atoms with Crippen LogP contribution in [-0.2, 0) is 0 Å². The van der Waals surface area contributed by atoms with Gasteiger partial charge in [-0.15, -0.1) is 0 Å². The van der Waals surface area contributed by atoms with Crippen molar-refractivity contribution in [2.24, 2.45) is 0 Å². The Bertz CT molecular complexity index is 410. The van der Waals surface area contributed by atoms with Crippen molar-refractivity contribution < 1.29 is 0 Å². The molecule has 1 aromatic rings. The van der Waals surface area contributed by atoms with Gasteiger partial charge in [0.15, 0.2) is 0 Å². The SMILES string of the molecule is CN1c2c(Br)cccc2NCC12CCCC2. The average Bonchev–Trinajstić information content (AvgIpc) is 2.74. The molecule has 3 heteroatoms. The Morgan fingerprint density at radius 3 is 2.81 bits per heavy atom. The van der Waals surface area contributed by atoms with Crippen molar-refractivity contribution in [1.29, 1.82) is 0 Å². The Balaban J connectivity index is 2.07. The minimum Gasteiger partial charge on any atom is -0.381 e. The molecule has 0 aromatic heterocycles. The Labute approximate surface area is 105 Å². The lowest BCUT2D eigenvalue weighted by Crippen LogP contribution is -2.52. The molecule has 1 N–H and O–H groups in total. The van der Waals surface area contributed by atoms with E-state index in [0.29, 0.717) is 5.54 Å². The molecule has 0 amide bonds. The third kappa shape index (κ3) is 1.37. The molecule has 1 spiro atoms. The number of likely N-dealkylation sites (N-methyl/N-ethyl adjacent to an activating group) is 1. The lowest BCUT2D eigenvalue weighted by atomic mass is 9.92. The van der Waals surface area contributed by atoms with Gasteiger partial charge in [-0.05, 0) is 40.9 Å². The molecule has 0 radical (unpaired) electrons. The fraction of sp³-hybridized carbons (Fsp3) is 0.538. The first-order valence-corrected chi connectivity index (χ1v) is 6.78. The Kier molecular flexibility index (Phi) is 2.39. The van der Waals surface area contributed by atoms with E-state index in [4.69, 9.17) is 0 Å². The van der Waals surface area contributed by atoms with Gasteiger partial charge >= 0.3 is 0 Å². The van der Waals surface area contributed by atoms with Gasteiger partial charge in [-0.25, -0.2) is 0 Å². The number of halogens is 1. The van der Waals surface area contributed by atoms with E-state index in [1.807, 2.05) is 0 Å². The van der Waals surface area contributed by atoms with Crippen molar-refractivity contribution in [2.45, 2.75) is 31.2 Å². The van der Waals surface area contributed by atoms with Crippen molar-refractivity contribution in [3.63, 3.8) is 0 Å². The first-order valence-electron chi connectivity index (χ1n) is 5.99. The van der Waals surface area contributed by atoms with Crippen molar-refractivity contribution >= 4 is 27.3 Å². The molecule has 16 heavy (non-hydrogen) atoms.